The van der Waals surface area contributed by atoms with Crippen LogP contribution in [0.2, 0.25) is 0 Å². The maximum atomic E-state index is 11.8. The van der Waals surface area contributed by atoms with Crippen LogP contribution in [0, 0.1) is 0 Å². The molecule has 0 fully saturated rings. The molecule has 0 heterocycles. The highest BCUT2D eigenvalue weighted by atomic mass is 16.5. The number of phenolic OH excluding ortho intramolecular Hbond substituents is 2. The van der Waals surface area contributed by atoms with E-state index in [1.54, 1.807) is 24.3 Å². The SMILES string of the molecule is CCOc1ccc(/C=N/NC(=O)c2ccccc2O)cc1O. The van der Waals surface area contributed by atoms with Gasteiger partial charge in [-0.2, -0.15) is 5.10 Å². The molecule has 6 heteroatoms. The van der Waals surface area contributed by atoms with Gasteiger partial charge in [-0.25, -0.2) is 5.43 Å². The first-order chi connectivity index (χ1) is 10.6. The van der Waals surface area contributed by atoms with Gasteiger partial charge in [-0.3, -0.25) is 4.79 Å². The molecule has 0 aromatic heterocycles. The molecular weight excluding hydrogens is 284 g/mol. The standard InChI is InChI=1S/C16H16N2O4/c1-2-22-15-8-7-11(9-14(15)20)10-17-18-16(21)12-5-3-4-6-13(12)19/h3-10,19-20H,2H2,1H3,(H,18,21)/b17-10+. The molecule has 0 unspecified atom stereocenters. The molecule has 6 nitrogen and oxygen atoms in total. The van der Waals surface area contributed by atoms with Crippen molar-refractivity contribution in [2.75, 3.05) is 6.61 Å². The summed E-state index contributed by atoms with van der Waals surface area (Å²) >= 11 is 0. The van der Waals surface area contributed by atoms with Crippen molar-refractivity contribution in [1.29, 1.82) is 0 Å². The summed E-state index contributed by atoms with van der Waals surface area (Å²) in [6.07, 6.45) is 1.38. The van der Waals surface area contributed by atoms with E-state index >= 15 is 0 Å². The molecule has 0 aliphatic heterocycles. The fourth-order valence-electron chi connectivity index (χ4n) is 1.78. The van der Waals surface area contributed by atoms with E-state index < -0.39 is 5.91 Å². The van der Waals surface area contributed by atoms with Crippen molar-refractivity contribution in [3.63, 3.8) is 0 Å². The summed E-state index contributed by atoms with van der Waals surface area (Å²) in [4.78, 5) is 11.8. The lowest BCUT2D eigenvalue weighted by Gasteiger charge is -2.05. The molecule has 114 valence electrons. The number of carbonyl (C=O) groups excluding carboxylic acids is 1. The van der Waals surface area contributed by atoms with Crippen LogP contribution < -0.4 is 10.2 Å². The van der Waals surface area contributed by atoms with Crippen molar-refractivity contribution < 1.29 is 19.7 Å². The number of nitrogens with zero attached hydrogens (tertiary/aromatic N) is 1. The van der Waals surface area contributed by atoms with Gasteiger partial charge in [-0.1, -0.05) is 12.1 Å². The van der Waals surface area contributed by atoms with E-state index in [2.05, 4.69) is 10.5 Å². The largest absolute Gasteiger partial charge is 0.507 e. The number of hydrogen-bond donors (Lipinski definition) is 3. The van der Waals surface area contributed by atoms with E-state index in [-0.39, 0.29) is 17.1 Å². The van der Waals surface area contributed by atoms with Crippen LogP contribution in [0.25, 0.3) is 0 Å². The van der Waals surface area contributed by atoms with E-state index in [1.807, 2.05) is 6.92 Å². The first-order valence-electron chi connectivity index (χ1n) is 6.69. The molecule has 2 rings (SSSR count). The molecule has 2 aromatic rings. The summed E-state index contributed by atoms with van der Waals surface area (Å²) in [5, 5.41) is 23.1. The van der Waals surface area contributed by atoms with Crippen LogP contribution >= 0.6 is 0 Å². The van der Waals surface area contributed by atoms with E-state index in [0.717, 1.165) is 0 Å². The number of amides is 1. The molecule has 0 spiro atoms. The Balaban J connectivity index is 2.02. The van der Waals surface area contributed by atoms with E-state index in [9.17, 15) is 15.0 Å². The zero-order valence-corrected chi connectivity index (χ0v) is 12.0. The van der Waals surface area contributed by atoms with Gasteiger partial charge in [-0.15, -0.1) is 0 Å². The number of ether oxygens (including phenoxy) is 1. The minimum Gasteiger partial charge on any atom is -0.507 e. The lowest BCUT2D eigenvalue weighted by Crippen LogP contribution is -2.17. The van der Waals surface area contributed by atoms with E-state index in [1.165, 1.54) is 24.4 Å². The van der Waals surface area contributed by atoms with Gasteiger partial charge in [0.05, 0.1) is 18.4 Å². The van der Waals surface area contributed by atoms with Crippen molar-refractivity contribution in [2.24, 2.45) is 5.10 Å². The third kappa shape index (κ3) is 3.76. The molecule has 0 bridgehead atoms. The van der Waals surface area contributed by atoms with Gasteiger partial charge in [0, 0.05) is 0 Å². The highest BCUT2D eigenvalue weighted by Gasteiger charge is 2.08. The smallest absolute Gasteiger partial charge is 0.275 e. The number of hydrogen-bond acceptors (Lipinski definition) is 5. The summed E-state index contributed by atoms with van der Waals surface area (Å²) in [5.74, 6) is -0.255. The normalized spacial score (nSPS) is 10.6. The number of carbonyl (C=O) groups is 1. The molecule has 0 radical (unpaired) electrons. The maximum Gasteiger partial charge on any atom is 0.275 e. The Kier molecular flexibility index (Phi) is 4.98. The topological polar surface area (TPSA) is 91.2 Å². The fraction of sp³-hybridized carbons (Fsp3) is 0.125. The van der Waals surface area contributed by atoms with Gasteiger partial charge >= 0.3 is 0 Å². The second kappa shape index (κ2) is 7.12. The van der Waals surface area contributed by atoms with Gasteiger partial charge in [-0.05, 0) is 42.8 Å². The molecule has 0 saturated carbocycles. The van der Waals surface area contributed by atoms with Gasteiger partial charge in [0.2, 0.25) is 0 Å². The summed E-state index contributed by atoms with van der Waals surface area (Å²) in [6.45, 7) is 2.28. The Morgan fingerprint density at radius 1 is 1.23 bits per heavy atom. The van der Waals surface area contributed by atoms with Gasteiger partial charge in [0.15, 0.2) is 11.5 Å². The Hall–Kier alpha value is -3.02. The van der Waals surface area contributed by atoms with E-state index in [0.29, 0.717) is 17.9 Å². The Bertz CT molecular complexity index is 698. The summed E-state index contributed by atoms with van der Waals surface area (Å²) in [5.41, 5.74) is 3.03. The minimum atomic E-state index is -0.524. The number of rotatable bonds is 5. The third-order valence-corrected chi connectivity index (χ3v) is 2.81. The highest BCUT2D eigenvalue weighted by molar-refractivity contribution is 5.97. The summed E-state index contributed by atoms with van der Waals surface area (Å²) < 4.78 is 5.21. The summed E-state index contributed by atoms with van der Waals surface area (Å²) in [7, 11) is 0. The molecular formula is C16H16N2O4. The Morgan fingerprint density at radius 2 is 2.00 bits per heavy atom. The number of para-hydroxylation sites is 1. The number of aromatic hydroxyl groups is 2. The molecule has 22 heavy (non-hydrogen) atoms. The summed E-state index contributed by atoms with van der Waals surface area (Å²) in [6, 6.07) is 11.0. The third-order valence-electron chi connectivity index (χ3n) is 2.81. The quantitative estimate of drug-likeness (QED) is 0.583. The monoisotopic (exact) mass is 300 g/mol. The predicted octanol–water partition coefficient (Wildman–Crippen LogP) is 2.26. The van der Waals surface area contributed by atoms with Crippen molar-refractivity contribution in [1.82, 2.24) is 5.43 Å². The van der Waals surface area contributed by atoms with Crippen LogP contribution in [0.1, 0.15) is 22.8 Å². The number of hydrazone groups is 1. The van der Waals surface area contributed by atoms with Crippen LogP contribution in [0.5, 0.6) is 17.2 Å². The molecule has 1 amide bonds. The fourth-order valence-corrected chi connectivity index (χ4v) is 1.78. The Morgan fingerprint density at radius 3 is 2.68 bits per heavy atom. The predicted molar refractivity (Wildman–Crippen MR) is 82.4 cm³/mol. The van der Waals surface area contributed by atoms with Gasteiger partial charge in [0.1, 0.15) is 5.75 Å². The van der Waals surface area contributed by atoms with Crippen LogP contribution in [0.15, 0.2) is 47.6 Å². The number of benzene rings is 2. The van der Waals surface area contributed by atoms with Crippen LogP contribution in [0.4, 0.5) is 0 Å². The van der Waals surface area contributed by atoms with Crippen molar-refractivity contribution in [2.45, 2.75) is 6.92 Å². The molecule has 0 aliphatic carbocycles. The molecule has 0 atom stereocenters. The van der Waals surface area contributed by atoms with Crippen molar-refractivity contribution in [3.8, 4) is 17.2 Å². The first kappa shape index (κ1) is 15.4. The second-order valence-electron chi connectivity index (χ2n) is 4.38. The van der Waals surface area contributed by atoms with E-state index in [4.69, 9.17) is 4.74 Å². The zero-order valence-electron chi connectivity index (χ0n) is 12.0. The average molecular weight is 300 g/mol. The first-order valence-corrected chi connectivity index (χ1v) is 6.69. The lowest BCUT2D eigenvalue weighted by molar-refractivity contribution is 0.0952. The minimum absolute atomic E-state index is 0.00201. The molecule has 2 aromatic carbocycles. The van der Waals surface area contributed by atoms with Crippen LogP contribution in [-0.2, 0) is 0 Å². The average Bonchev–Trinajstić information content (AvgIpc) is 2.50. The maximum absolute atomic E-state index is 11.8. The second-order valence-corrected chi connectivity index (χ2v) is 4.38. The number of nitrogens with one attached hydrogen (secondary N) is 1. The zero-order chi connectivity index (χ0) is 15.9. The van der Waals surface area contributed by atoms with Gasteiger partial charge in [0.25, 0.3) is 5.91 Å². The lowest BCUT2D eigenvalue weighted by atomic mass is 10.2. The molecule has 3 N–H and O–H groups in total. The Labute approximate surface area is 127 Å². The van der Waals surface area contributed by atoms with Crippen LogP contribution in [0.3, 0.4) is 0 Å². The molecule has 0 saturated heterocycles. The van der Waals surface area contributed by atoms with Crippen molar-refractivity contribution >= 4 is 12.1 Å². The van der Waals surface area contributed by atoms with Gasteiger partial charge < -0.3 is 14.9 Å². The number of phenols is 2. The van der Waals surface area contributed by atoms with Crippen molar-refractivity contribution in [3.05, 3.63) is 53.6 Å². The molecule has 0 aliphatic rings. The highest BCUT2D eigenvalue weighted by Crippen LogP contribution is 2.26. The van der Waals surface area contributed by atoms with Crippen LogP contribution in [-0.4, -0.2) is 28.9 Å².